The summed E-state index contributed by atoms with van der Waals surface area (Å²) in [7, 11) is 2.17. The molecule has 0 radical (unpaired) electrons. The molecule has 1 fully saturated rings. The number of likely N-dealkylation sites (N-methyl/N-ethyl adjacent to an activating group) is 1. The number of aryl methyl sites for hydroxylation is 2. The number of nitrogens with one attached hydrogen (secondary N) is 2. The lowest BCUT2D eigenvalue weighted by atomic mass is 10.1. The van der Waals surface area contributed by atoms with Gasteiger partial charge in [-0.2, -0.15) is 0 Å². The van der Waals surface area contributed by atoms with Crippen molar-refractivity contribution in [1.29, 1.82) is 0 Å². The van der Waals surface area contributed by atoms with Crippen molar-refractivity contribution in [2.75, 3.05) is 46.3 Å². The second-order valence-corrected chi connectivity index (χ2v) is 7.73. The van der Waals surface area contributed by atoms with E-state index in [4.69, 9.17) is 0 Å². The second-order valence-electron chi connectivity index (χ2n) is 7.73. The highest BCUT2D eigenvalue weighted by Gasteiger charge is 2.16. The molecule has 0 spiro atoms. The zero-order valence-corrected chi connectivity index (χ0v) is 15.7. The van der Waals surface area contributed by atoms with Crippen molar-refractivity contribution in [3.8, 4) is 0 Å². The Morgan fingerprint density at radius 3 is 2.68 bits per heavy atom. The fraction of sp³-hybridized carbons (Fsp3) is 0.650. The van der Waals surface area contributed by atoms with Crippen LogP contribution in [0.25, 0.3) is 0 Å². The lowest BCUT2D eigenvalue weighted by Gasteiger charge is -2.33. The Balaban J connectivity index is 1.33. The summed E-state index contributed by atoms with van der Waals surface area (Å²) in [5.74, 6) is 0.467. The Hall–Kier alpha value is -1.59. The Labute approximate surface area is 151 Å². The van der Waals surface area contributed by atoms with Crippen molar-refractivity contribution in [2.24, 2.45) is 5.92 Å². The molecule has 25 heavy (non-hydrogen) atoms. The van der Waals surface area contributed by atoms with Crippen molar-refractivity contribution in [3.63, 3.8) is 0 Å². The van der Waals surface area contributed by atoms with Gasteiger partial charge in [-0.05, 0) is 48.9 Å². The smallest absolute Gasteiger partial charge is 0.315 e. The van der Waals surface area contributed by atoms with Gasteiger partial charge in [0.25, 0.3) is 0 Å². The number of benzene rings is 1. The molecule has 1 unspecified atom stereocenters. The first-order valence-electron chi connectivity index (χ1n) is 9.63. The van der Waals surface area contributed by atoms with E-state index in [2.05, 4.69) is 52.6 Å². The maximum Gasteiger partial charge on any atom is 0.315 e. The van der Waals surface area contributed by atoms with Crippen LogP contribution in [0.4, 0.5) is 4.79 Å². The summed E-state index contributed by atoms with van der Waals surface area (Å²) in [6.07, 6.45) is 3.64. The van der Waals surface area contributed by atoms with Crippen LogP contribution in [0, 0.1) is 5.92 Å². The minimum absolute atomic E-state index is 0.0641. The average Bonchev–Trinajstić information content (AvgIpc) is 3.08. The maximum atomic E-state index is 12.0. The summed E-state index contributed by atoms with van der Waals surface area (Å²) in [6, 6.07) is 6.54. The molecule has 1 atom stereocenters. The monoisotopic (exact) mass is 344 g/mol. The minimum atomic E-state index is -0.0641. The lowest BCUT2D eigenvalue weighted by molar-refractivity contribution is 0.138. The van der Waals surface area contributed by atoms with E-state index in [1.54, 1.807) is 0 Å². The summed E-state index contributed by atoms with van der Waals surface area (Å²) in [4.78, 5) is 16.9. The summed E-state index contributed by atoms with van der Waals surface area (Å²) < 4.78 is 0. The molecule has 2 aliphatic rings. The van der Waals surface area contributed by atoms with Gasteiger partial charge in [0.05, 0.1) is 0 Å². The van der Waals surface area contributed by atoms with E-state index in [1.807, 2.05) is 0 Å². The number of fused-ring (bicyclic) bond motifs is 1. The predicted octanol–water partition coefficient (Wildman–Crippen LogP) is 1.86. The van der Waals surface area contributed by atoms with Gasteiger partial charge in [-0.1, -0.05) is 25.1 Å². The third kappa shape index (κ3) is 5.44. The van der Waals surface area contributed by atoms with Gasteiger partial charge in [0.15, 0.2) is 0 Å². The van der Waals surface area contributed by atoms with E-state index in [9.17, 15) is 4.79 Å². The van der Waals surface area contributed by atoms with Crippen LogP contribution in [0.5, 0.6) is 0 Å². The van der Waals surface area contributed by atoms with Gasteiger partial charge >= 0.3 is 6.03 Å². The SMILES string of the molecule is CC(CNC(=O)NCc1ccc2c(c1)CCC2)CN1CCN(C)CC1. The number of carbonyl (C=O) groups is 1. The molecule has 1 saturated heterocycles. The van der Waals surface area contributed by atoms with Crippen molar-refractivity contribution >= 4 is 6.03 Å². The number of hydrogen-bond donors (Lipinski definition) is 2. The fourth-order valence-electron chi connectivity index (χ4n) is 3.78. The fourth-order valence-corrected chi connectivity index (χ4v) is 3.78. The third-order valence-corrected chi connectivity index (χ3v) is 5.39. The van der Waals surface area contributed by atoms with E-state index < -0.39 is 0 Å². The second kappa shape index (κ2) is 8.68. The van der Waals surface area contributed by atoms with Gasteiger partial charge in [-0.15, -0.1) is 0 Å². The molecule has 5 nitrogen and oxygen atoms in total. The van der Waals surface area contributed by atoms with E-state index >= 15 is 0 Å². The summed E-state index contributed by atoms with van der Waals surface area (Å²) in [5.41, 5.74) is 4.13. The maximum absolute atomic E-state index is 12.0. The van der Waals surface area contributed by atoms with E-state index in [0.717, 1.165) is 39.3 Å². The molecule has 1 aromatic rings. The van der Waals surface area contributed by atoms with E-state index in [0.29, 0.717) is 12.5 Å². The zero-order chi connectivity index (χ0) is 17.6. The number of hydrogen-bond acceptors (Lipinski definition) is 3. The van der Waals surface area contributed by atoms with Crippen LogP contribution in [0.1, 0.15) is 30.0 Å². The molecule has 1 aliphatic heterocycles. The van der Waals surface area contributed by atoms with Gasteiger partial charge < -0.3 is 20.4 Å². The largest absolute Gasteiger partial charge is 0.338 e. The molecule has 1 heterocycles. The van der Waals surface area contributed by atoms with Crippen molar-refractivity contribution < 1.29 is 4.79 Å². The number of carbonyl (C=O) groups excluding carboxylic acids is 1. The predicted molar refractivity (Wildman–Crippen MR) is 102 cm³/mol. The Morgan fingerprint density at radius 1 is 1.12 bits per heavy atom. The molecule has 138 valence electrons. The Morgan fingerprint density at radius 2 is 1.88 bits per heavy atom. The van der Waals surface area contributed by atoms with Crippen LogP contribution < -0.4 is 10.6 Å². The lowest BCUT2D eigenvalue weighted by Crippen LogP contribution is -2.47. The number of piperazine rings is 1. The van der Waals surface area contributed by atoms with Gasteiger partial charge in [0.2, 0.25) is 0 Å². The van der Waals surface area contributed by atoms with Gasteiger partial charge in [-0.25, -0.2) is 4.79 Å². The first-order chi connectivity index (χ1) is 12.1. The standard InChI is InChI=1S/C20H32N4O/c1-16(15-24-10-8-23(2)9-11-24)13-21-20(25)22-14-17-6-7-18-4-3-5-19(18)12-17/h6-7,12,16H,3-5,8-11,13-15H2,1-2H3,(H2,21,22,25). The highest BCUT2D eigenvalue weighted by atomic mass is 16.2. The summed E-state index contributed by atoms with van der Waals surface area (Å²) in [6.45, 7) is 9.13. The molecule has 3 rings (SSSR count). The number of urea groups is 1. The number of amides is 2. The quantitative estimate of drug-likeness (QED) is 0.828. The minimum Gasteiger partial charge on any atom is -0.338 e. The molecule has 0 aromatic heterocycles. The number of rotatable bonds is 6. The molecule has 0 bridgehead atoms. The molecule has 2 amide bonds. The summed E-state index contributed by atoms with van der Waals surface area (Å²) in [5, 5.41) is 6.00. The Kier molecular flexibility index (Phi) is 6.32. The van der Waals surface area contributed by atoms with Crippen LogP contribution in [0.2, 0.25) is 0 Å². The topological polar surface area (TPSA) is 47.6 Å². The molecule has 1 aliphatic carbocycles. The van der Waals surface area contributed by atoms with Crippen LogP contribution in [-0.4, -0.2) is 62.1 Å². The van der Waals surface area contributed by atoms with E-state index in [-0.39, 0.29) is 6.03 Å². The van der Waals surface area contributed by atoms with Crippen molar-refractivity contribution in [3.05, 3.63) is 34.9 Å². The third-order valence-electron chi connectivity index (χ3n) is 5.39. The van der Waals surface area contributed by atoms with Gasteiger partial charge in [0, 0.05) is 45.8 Å². The number of nitrogens with zero attached hydrogens (tertiary/aromatic N) is 2. The molecule has 1 aromatic carbocycles. The van der Waals surface area contributed by atoms with Gasteiger partial charge in [0.1, 0.15) is 0 Å². The van der Waals surface area contributed by atoms with Crippen molar-refractivity contribution in [1.82, 2.24) is 20.4 Å². The van der Waals surface area contributed by atoms with Crippen LogP contribution in [0.3, 0.4) is 0 Å². The van der Waals surface area contributed by atoms with E-state index in [1.165, 1.54) is 36.0 Å². The van der Waals surface area contributed by atoms with Crippen LogP contribution >= 0.6 is 0 Å². The van der Waals surface area contributed by atoms with Gasteiger partial charge in [-0.3, -0.25) is 0 Å². The zero-order valence-electron chi connectivity index (χ0n) is 15.7. The molecule has 5 heteroatoms. The first kappa shape index (κ1) is 18.2. The average molecular weight is 345 g/mol. The molecular formula is C20H32N4O. The first-order valence-corrected chi connectivity index (χ1v) is 9.63. The van der Waals surface area contributed by atoms with Crippen LogP contribution in [0.15, 0.2) is 18.2 Å². The summed E-state index contributed by atoms with van der Waals surface area (Å²) >= 11 is 0. The highest BCUT2D eigenvalue weighted by molar-refractivity contribution is 5.73. The molecule has 2 N–H and O–H groups in total. The molecular weight excluding hydrogens is 312 g/mol. The van der Waals surface area contributed by atoms with Crippen LogP contribution in [-0.2, 0) is 19.4 Å². The Bertz CT molecular complexity index is 581. The molecule has 0 saturated carbocycles. The van der Waals surface area contributed by atoms with Crippen molar-refractivity contribution in [2.45, 2.75) is 32.7 Å². The normalized spacial score (nSPS) is 19.4. The highest BCUT2D eigenvalue weighted by Crippen LogP contribution is 2.22.